The molecule has 34 heavy (non-hydrogen) atoms. The van der Waals surface area contributed by atoms with E-state index >= 15 is 0 Å². The highest BCUT2D eigenvalue weighted by molar-refractivity contribution is 7.13. The third-order valence-corrected chi connectivity index (χ3v) is 7.22. The van der Waals surface area contributed by atoms with E-state index in [2.05, 4.69) is 20.3 Å². The van der Waals surface area contributed by atoms with Gasteiger partial charge in [-0.15, -0.1) is 11.3 Å². The van der Waals surface area contributed by atoms with Crippen molar-refractivity contribution < 1.29 is 14.7 Å². The van der Waals surface area contributed by atoms with Crippen molar-refractivity contribution in [2.24, 2.45) is 5.92 Å². The topological polar surface area (TPSA) is 111 Å². The summed E-state index contributed by atoms with van der Waals surface area (Å²) in [5, 5.41) is 13.2. The number of rotatable bonds is 7. The molecule has 0 bridgehead atoms. The summed E-state index contributed by atoms with van der Waals surface area (Å²) in [6.45, 7) is 8.28. The third-order valence-electron chi connectivity index (χ3n) is 6.24. The van der Waals surface area contributed by atoms with Crippen molar-refractivity contribution in [2.75, 3.05) is 6.54 Å². The SMILES string of the molecule is Cc1cnc([C@H](C(=O)N2C[C@H](O)C[C@H]2C(=O)NCc2ccc(-c3scnc3C)cc2)C(C)C)[nH]1. The van der Waals surface area contributed by atoms with Crippen molar-refractivity contribution >= 4 is 23.2 Å². The standard InChI is InChI=1S/C25H31N5O3S/c1-14(2)21(23-26-10-15(3)29-23)25(33)30-12-19(31)9-20(30)24(32)27-11-17-5-7-18(8-6-17)22-16(4)28-13-34-22/h5-8,10,13-14,19-21,31H,9,11-12H2,1-4H3,(H,26,29)(H,27,32)/t19-,20+,21-/m1/s1. The van der Waals surface area contributed by atoms with Gasteiger partial charge in [0.1, 0.15) is 11.9 Å². The van der Waals surface area contributed by atoms with Gasteiger partial charge in [-0.05, 0) is 30.9 Å². The summed E-state index contributed by atoms with van der Waals surface area (Å²) in [6.07, 6.45) is 1.19. The lowest BCUT2D eigenvalue weighted by molar-refractivity contribution is -0.140. The number of carbonyl (C=O) groups excluding carboxylic acids is 2. The number of amides is 2. The molecule has 4 rings (SSSR count). The zero-order valence-corrected chi connectivity index (χ0v) is 20.7. The van der Waals surface area contributed by atoms with Gasteiger partial charge in [-0.3, -0.25) is 9.59 Å². The van der Waals surface area contributed by atoms with Crippen molar-refractivity contribution in [3.05, 3.63) is 58.7 Å². The molecule has 3 aromatic rings. The van der Waals surface area contributed by atoms with Crippen molar-refractivity contribution in [2.45, 2.75) is 58.7 Å². The summed E-state index contributed by atoms with van der Waals surface area (Å²) in [5.41, 5.74) is 5.76. The maximum absolute atomic E-state index is 13.5. The maximum Gasteiger partial charge on any atom is 0.243 e. The molecule has 1 aromatic carbocycles. The molecule has 1 aliphatic rings. The highest BCUT2D eigenvalue weighted by atomic mass is 32.1. The van der Waals surface area contributed by atoms with Crippen LogP contribution in [0, 0.1) is 19.8 Å². The molecule has 2 aromatic heterocycles. The largest absolute Gasteiger partial charge is 0.391 e. The number of thiazole rings is 1. The molecule has 0 unspecified atom stereocenters. The predicted molar refractivity (Wildman–Crippen MR) is 131 cm³/mol. The third kappa shape index (κ3) is 5.05. The number of aliphatic hydroxyl groups excluding tert-OH is 1. The average Bonchev–Trinajstić information content (AvgIpc) is 3.52. The molecule has 9 heteroatoms. The number of likely N-dealkylation sites (tertiary alicyclic amines) is 1. The van der Waals surface area contributed by atoms with E-state index in [1.54, 1.807) is 17.5 Å². The average molecular weight is 482 g/mol. The van der Waals surface area contributed by atoms with E-state index in [9.17, 15) is 14.7 Å². The van der Waals surface area contributed by atoms with E-state index in [-0.39, 0.29) is 30.7 Å². The Hall–Kier alpha value is -3.04. The van der Waals surface area contributed by atoms with Crippen LogP contribution in [0.15, 0.2) is 36.0 Å². The predicted octanol–water partition coefficient (Wildman–Crippen LogP) is 3.17. The fourth-order valence-corrected chi connectivity index (χ4v) is 5.26. The highest BCUT2D eigenvalue weighted by Crippen LogP contribution is 2.30. The van der Waals surface area contributed by atoms with Crippen molar-refractivity contribution in [3.8, 4) is 10.4 Å². The number of aryl methyl sites for hydroxylation is 2. The van der Waals surface area contributed by atoms with E-state index in [1.807, 2.05) is 57.5 Å². The molecular formula is C25H31N5O3S. The number of aliphatic hydroxyl groups is 1. The summed E-state index contributed by atoms with van der Waals surface area (Å²) >= 11 is 1.60. The van der Waals surface area contributed by atoms with E-state index in [0.29, 0.717) is 12.4 Å². The summed E-state index contributed by atoms with van der Waals surface area (Å²) in [7, 11) is 0. The number of benzene rings is 1. The van der Waals surface area contributed by atoms with Crippen LogP contribution in [0.2, 0.25) is 0 Å². The van der Waals surface area contributed by atoms with Gasteiger partial charge in [-0.2, -0.15) is 0 Å². The molecule has 0 spiro atoms. The number of aromatic amines is 1. The van der Waals surface area contributed by atoms with Gasteiger partial charge < -0.3 is 20.3 Å². The molecule has 8 nitrogen and oxygen atoms in total. The van der Waals surface area contributed by atoms with Crippen molar-refractivity contribution in [1.29, 1.82) is 0 Å². The first-order valence-electron chi connectivity index (χ1n) is 11.5. The first kappa shape index (κ1) is 24.1. The lowest BCUT2D eigenvalue weighted by Gasteiger charge is -2.29. The number of nitrogens with one attached hydrogen (secondary N) is 2. The molecule has 1 saturated heterocycles. The molecule has 0 radical (unpaired) electrons. The summed E-state index contributed by atoms with van der Waals surface area (Å²) in [6, 6.07) is 7.30. The number of nitrogens with zero attached hydrogens (tertiary/aromatic N) is 3. The Morgan fingerprint density at radius 1 is 1.24 bits per heavy atom. The van der Waals surface area contributed by atoms with Crippen molar-refractivity contribution in [1.82, 2.24) is 25.2 Å². The van der Waals surface area contributed by atoms with Gasteiger partial charge in [-0.25, -0.2) is 9.97 Å². The molecule has 3 atom stereocenters. The monoisotopic (exact) mass is 481 g/mol. The molecule has 180 valence electrons. The Balaban J connectivity index is 1.43. The summed E-state index contributed by atoms with van der Waals surface area (Å²) in [5.74, 6) is -0.373. The van der Waals surface area contributed by atoms with Crippen LogP contribution < -0.4 is 5.32 Å². The first-order chi connectivity index (χ1) is 16.2. The zero-order chi connectivity index (χ0) is 24.4. The quantitative estimate of drug-likeness (QED) is 0.480. The lowest BCUT2D eigenvalue weighted by Crippen LogP contribution is -2.48. The number of β-amino-alcohol motifs (C(OH)–C–C–N with tert-alkyl or cyclic N) is 1. The highest BCUT2D eigenvalue weighted by Gasteiger charge is 2.42. The second kappa shape index (κ2) is 10.1. The van der Waals surface area contributed by atoms with E-state index in [0.717, 1.165) is 27.4 Å². The van der Waals surface area contributed by atoms with Crippen LogP contribution >= 0.6 is 11.3 Å². The van der Waals surface area contributed by atoms with Gasteiger partial charge in [-0.1, -0.05) is 38.1 Å². The minimum Gasteiger partial charge on any atom is -0.391 e. The molecule has 0 aliphatic carbocycles. The van der Waals surface area contributed by atoms with Crippen LogP contribution in [0.4, 0.5) is 0 Å². The van der Waals surface area contributed by atoms with Crippen LogP contribution in [0.3, 0.4) is 0 Å². The Labute approximate surface area is 203 Å². The van der Waals surface area contributed by atoms with Gasteiger partial charge in [0.05, 0.1) is 28.1 Å². The van der Waals surface area contributed by atoms with Gasteiger partial charge in [0.2, 0.25) is 11.8 Å². The second-order valence-corrected chi connectivity index (χ2v) is 10.1. The van der Waals surface area contributed by atoms with Crippen LogP contribution in [-0.2, 0) is 16.1 Å². The smallest absolute Gasteiger partial charge is 0.243 e. The maximum atomic E-state index is 13.5. The number of hydrogen-bond donors (Lipinski definition) is 3. The molecule has 2 amide bonds. The number of hydrogen-bond acceptors (Lipinski definition) is 6. The fourth-order valence-electron chi connectivity index (χ4n) is 4.45. The van der Waals surface area contributed by atoms with Gasteiger partial charge in [0.25, 0.3) is 0 Å². The Kier molecular flexibility index (Phi) is 7.13. The summed E-state index contributed by atoms with van der Waals surface area (Å²) in [4.78, 5) is 41.0. The molecule has 3 heterocycles. The summed E-state index contributed by atoms with van der Waals surface area (Å²) < 4.78 is 0. The number of aromatic nitrogens is 3. The fraction of sp³-hybridized carbons (Fsp3) is 0.440. The zero-order valence-electron chi connectivity index (χ0n) is 19.9. The molecule has 3 N–H and O–H groups in total. The van der Waals surface area contributed by atoms with E-state index in [4.69, 9.17) is 0 Å². The molecule has 0 saturated carbocycles. The van der Waals surface area contributed by atoms with Crippen LogP contribution in [0.1, 0.15) is 49.0 Å². The van der Waals surface area contributed by atoms with Gasteiger partial charge in [0, 0.05) is 31.4 Å². The van der Waals surface area contributed by atoms with Crippen LogP contribution in [0.25, 0.3) is 10.4 Å². The Morgan fingerprint density at radius 2 is 1.97 bits per heavy atom. The normalized spacial score (nSPS) is 18.9. The Morgan fingerprint density at radius 3 is 2.56 bits per heavy atom. The number of carbonyl (C=O) groups is 2. The Bertz CT molecular complexity index is 1150. The van der Waals surface area contributed by atoms with Crippen molar-refractivity contribution in [3.63, 3.8) is 0 Å². The van der Waals surface area contributed by atoms with Crippen LogP contribution in [-0.4, -0.2) is 55.5 Å². The number of H-pyrrole nitrogens is 1. The molecular weight excluding hydrogens is 450 g/mol. The van der Waals surface area contributed by atoms with Crippen LogP contribution in [0.5, 0.6) is 0 Å². The first-order valence-corrected chi connectivity index (χ1v) is 12.4. The van der Waals surface area contributed by atoms with E-state index < -0.39 is 18.1 Å². The minimum atomic E-state index is -0.729. The minimum absolute atomic E-state index is 0.0137. The number of imidazole rings is 1. The second-order valence-electron chi connectivity index (χ2n) is 9.25. The lowest BCUT2D eigenvalue weighted by atomic mass is 9.93. The van der Waals surface area contributed by atoms with Gasteiger partial charge >= 0.3 is 0 Å². The van der Waals surface area contributed by atoms with E-state index in [1.165, 1.54) is 4.90 Å². The van der Waals surface area contributed by atoms with Gasteiger partial charge in [0.15, 0.2) is 0 Å². The molecule has 1 fully saturated rings. The molecule has 1 aliphatic heterocycles.